The maximum absolute atomic E-state index is 6.90. The zero-order valence-electron chi connectivity index (χ0n) is 44.5. The van der Waals surface area contributed by atoms with E-state index >= 15 is 0 Å². The topological polar surface area (TPSA) is 25.2 Å². The number of fused-ring (bicyclic) bond motifs is 6. The van der Waals surface area contributed by atoms with Gasteiger partial charge in [-0.2, -0.15) is 0 Å². The predicted molar refractivity (Wildman–Crippen MR) is 321 cm³/mol. The van der Waals surface area contributed by atoms with Crippen LogP contribution in [0.2, 0.25) is 0 Å². The zero-order chi connectivity index (χ0) is 51.8. The van der Waals surface area contributed by atoms with E-state index in [4.69, 9.17) is 4.42 Å². The zero-order valence-corrected chi connectivity index (χ0v) is 44.5. The second-order valence-electron chi connectivity index (χ2n) is 20.0. The van der Waals surface area contributed by atoms with Gasteiger partial charge in [-0.3, -0.25) is 0 Å². The van der Waals surface area contributed by atoms with Crippen molar-refractivity contribution >= 4 is 38.8 Å². The Kier molecular flexibility index (Phi) is 15.3. The maximum Gasteiger partial charge on any atom is 0.143 e. The highest BCUT2D eigenvalue weighted by Gasteiger charge is 2.42. The first kappa shape index (κ1) is 50.7. The number of anilines is 1. The van der Waals surface area contributed by atoms with Crippen LogP contribution in [0.15, 0.2) is 264 Å². The summed E-state index contributed by atoms with van der Waals surface area (Å²) in [7, 11) is 1.94. The van der Waals surface area contributed by atoms with Crippen LogP contribution in [0, 0.1) is 5.41 Å². The molecule has 74 heavy (non-hydrogen) atoms. The molecule has 0 saturated heterocycles. The first-order valence-electron chi connectivity index (χ1n) is 26.2. The van der Waals surface area contributed by atoms with Gasteiger partial charge in [0.1, 0.15) is 11.2 Å². The highest BCUT2D eigenvalue weighted by atomic mass is 16.3. The quantitative estimate of drug-likeness (QED) is 0.123. The highest BCUT2D eigenvalue weighted by Crippen LogP contribution is 2.56. The second kappa shape index (κ2) is 22.3. The van der Waals surface area contributed by atoms with Gasteiger partial charge in [0.25, 0.3) is 0 Å². The minimum Gasteiger partial charge on any atom is -0.455 e. The van der Waals surface area contributed by atoms with Crippen LogP contribution in [0.5, 0.6) is 0 Å². The second-order valence-corrected chi connectivity index (χ2v) is 20.0. The van der Waals surface area contributed by atoms with E-state index in [2.05, 4.69) is 285 Å². The van der Waals surface area contributed by atoms with Crippen molar-refractivity contribution in [3.63, 3.8) is 0 Å². The molecule has 1 fully saturated rings. The van der Waals surface area contributed by atoms with Crippen LogP contribution in [0.3, 0.4) is 0 Å². The predicted octanol–water partition coefficient (Wildman–Crippen LogP) is 20.3. The van der Waals surface area contributed by atoms with Crippen molar-refractivity contribution in [1.82, 2.24) is 0 Å². The standard InChI is InChI=1S/C46H37NO.C26H32/c1-5-33(27-24-30(2)31-14-7-6-8-15-31)46(3)41-22-10-9-16-40(41)43-36(18-13-23-42(43)46)37-19-12-21-39-38-20-11-17-35(44(38)48-45(37)39)32-25-28-34(47-4)29-26-32;1-6-9-15-24-18-19-25(26(24,4)5)20-21(7-2)16-17-22(8-3)23-13-11-10-12-14-23/h5-29,47H,1H2,2-4H3;6-17,20H,18-19H2,1-5H3/b30-24+,33-27+;9-6-,17-16-,21-7-,22-8+,24-15+,25-20+. The van der Waals surface area contributed by atoms with E-state index in [1.54, 1.807) is 0 Å². The molecule has 368 valence electrons. The molecular formula is C72H69NO. The fraction of sp³-hybridized carbons (Fsp3) is 0.167. The molecule has 0 bridgehead atoms. The Bertz CT molecular complexity index is 3600. The summed E-state index contributed by atoms with van der Waals surface area (Å²) in [6.07, 6.45) is 26.6. The molecule has 0 amide bonds. The van der Waals surface area contributed by atoms with Crippen LogP contribution in [0.4, 0.5) is 5.69 Å². The first-order chi connectivity index (χ1) is 36.0. The van der Waals surface area contributed by atoms with Crippen molar-refractivity contribution < 1.29 is 4.42 Å². The van der Waals surface area contributed by atoms with E-state index in [9.17, 15) is 0 Å². The number of benzene rings is 7. The van der Waals surface area contributed by atoms with Crippen LogP contribution in [-0.4, -0.2) is 7.05 Å². The van der Waals surface area contributed by atoms with E-state index < -0.39 is 0 Å². The fourth-order valence-electron chi connectivity index (χ4n) is 11.1. The van der Waals surface area contributed by atoms with Gasteiger partial charge in [0.2, 0.25) is 0 Å². The smallest absolute Gasteiger partial charge is 0.143 e. The molecule has 2 nitrogen and oxygen atoms in total. The lowest BCUT2D eigenvalue weighted by Gasteiger charge is -2.29. The summed E-state index contributed by atoms with van der Waals surface area (Å²) in [5, 5.41) is 5.46. The Morgan fingerprint density at radius 3 is 1.84 bits per heavy atom. The van der Waals surface area contributed by atoms with Gasteiger partial charge in [-0.05, 0) is 126 Å². The Morgan fingerprint density at radius 1 is 0.581 bits per heavy atom. The molecule has 1 unspecified atom stereocenters. The summed E-state index contributed by atoms with van der Waals surface area (Å²) < 4.78 is 6.90. The molecule has 7 aromatic carbocycles. The number of para-hydroxylation sites is 2. The summed E-state index contributed by atoms with van der Waals surface area (Å²) in [5.41, 5.74) is 22.6. The average Bonchev–Trinajstić information content (AvgIpc) is 4.08. The Morgan fingerprint density at radius 2 is 1.18 bits per heavy atom. The van der Waals surface area contributed by atoms with Crippen LogP contribution >= 0.6 is 0 Å². The maximum atomic E-state index is 6.90. The Balaban J connectivity index is 0.000000220. The van der Waals surface area contributed by atoms with Gasteiger partial charge in [0.05, 0.1) is 0 Å². The van der Waals surface area contributed by atoms with Crippen molar-refractivity contribution in [2.75, 3.05) is 12.4 Å². The number of nitrogens with one attached hydrogen (secondary N) is 1. The minimum absolute atomic E-state index is 0.143. The molecule has 0 radical (unpaired) electrons. The van der Waals surface area contributed by atoms with Gasteiger partial charge < -0.3 is 9.73 Å². The third kappa shape index (κ3) is 9.85. The summed E-state index contributed by atoms with van der Waals surface area (Å²) in [4.78, 5) is 0. The van der Waals surface area contributed by atoms with Gasteiger partial charge in [-0.1, -0.05) is 250 Å². The van der Waals surface area contributed by atoms with Crippen LogP contribution < -0.4 is 5.32 Å². The number of hydrogen-bond acceptors (Lipinski definition) is 2. The van der Waals surface area contributed by atoms with E-state index in [1.165, 1.54) is 66.8 Å². The summed E-state index contributed by atoms with van der Waals surface area (Å²) >= 11 is 0. The number of allylic oxidation sites excluding steroid dienone is 17. The lowest BCUT2D eigenvalue weighted by Crippen LogP contribution is -2.22. The molecule has 2 aliphatic rings. The number of hydrogen-bond donors (Lipinski definition) is 1. The summed E-state index contributed by atoms with van der Waals surface area (Å²) in [6, 6.07) is 58.2. The fourth-order valence-corrected chi connectivity index (χ4v) is 11.1. The third-order valence-electron chi connectivity index (χ3n) is 15.5. The Labute approximate surface area is 440 Å². The number of rotatable bonds is 12. The van der Waals surface area contributed by atoms with Crippen LogP contribution in [-0.2, 0) is 5.41 Å². The van der Waals surface area contributed by atoms with Crippen molar-refractivity contribution in [3.8, 4) is 33.4 Å². The molecule has 1 N–H and O–H groups in total. The van der Waals surface area contributed by atoms with Gasteiger partial charge in [-0.25, -0.2) is 0 Å². The highest BCUT2D eigenvalue weighted by molar-refractivity contribution is 6.14. The Hall–Kier alpha value is -8.20. The van der Waals surface area contributed by atoms with E-state index in [0.29, 0.717) is 0 Å². The minimum atomic E-state index is -0.383. The molecule has 10 rings (SSSR count). The van der Waals surface area contributed by atoms with Crippen molar-refractivity contribution in [3.05, 3.63) is 282 Å². The largest absolute Gasteiger partial charge is 0.455 e. The summed E-state index contributed by atoms with van der Waals surface area (Å²) in [5.74, 6) is 0. The molecule has 0 aliphatic heterocycles. The molecule has 2 aliphatic carbocycles. The van der Waals surface area contributed by atoms with Crippen molar-refractivity contribution in [1.29, 1.82) is 0 Å². The molecule has 1 saturated carbocycles. The molecular weight excluding hydrogens is 895 g/mol. The normalized spacial score (nSPS) is 17.8. The lowest BCUT2D eigenvalue weighted by atomic mass is 9.73. The molecule has 8 aromatic rings. The molecule has 1 atom stereocenters. The first-order valence-corrected chi connectivity index (χ1v) is 26.2. The van der Waals surface area contributed by atoms with Gasteiger partial charge in [0, 0.05) is 45.5 Å². The van der Waals surface area contributed by atoms with E-state index in [1.807, 2.05) is 13.1 Å². The monoisotopic (exact) mass is 964 g/mol. The van der Waals surface area contributed by atoms with Crippen LogP contribution in [0.25, 0.3) is 66.5 Å². The molecule has 0 spiro atoms. The molecule has 2 heteroatoms. The van der Waals surface area contributed by atoms with Gasteiger partial charge >= 0.3 is 0 Å². The van der Waals surface area contributed by atoms with Gasteiger partial charge in [0.15, 0.2) is 0 Å². The molecule has 1 aromatic heterocycles. The lowest BCUT2D eigenvalue weighted by molar-refractivity contribution is 0.570. The summed E-state index contributed by atoms with van der Waals surface area (Å²) in [6.45, 7) is 19.8. The third-order valence-corrected chi connectivity index (χ3v) is 15.5. The molecule has 1 heterocycles. The van der Waals surface area contributed by atoms with E-state index in [0.717, 1.165) is 62.7 Å². The SMILES string of the molecule is C/C=C\C=C1/CC\C(=C/C(/C=C\C(=C/C)c2ccccc2)=C\C)C1(C)C.C=C/C(=C\C=C(/C)c1ccccc1)C1(C)c2ccccc2-c2c(-c3cccc4c3oc3c(-c5ccc(NC)cc5)cccc34)cccc21. The van der Waals surface area contributed by atoms with Crippen molar-refractivity contribution in [2.45, 2.75) is 66.7 Å². The number of furan rings is 1. The van der Waals surface area contributed by atoms with Crippen molar-refractivity contribution in [2.24, 2.45) is 5.41 Å². The van der Waals surface area contributed by atoms with Gasteiger partial charge in [-0.15, -0.1) is 0 Å². The van der Waals surface area contributed by atoms with E-state index in [-0.39, 0.29) is 10.8 Å². The van der Waals surface area contributed by atoms with Crippen LogP contribution in [0.1, 0.15) is 83.6 Å². The average molecular weight is 964 g/mol.